The smallest absolute Gasteiger partial charge is 0.339 e. The first kappa shape index (κ1) is 28.6. The minimum atomic E-state index is -1.08. The quantitative estimate of drug-likeness (QED) is 0.163. The number of aliphatic hydroxyl groups is 1. The molecule has 12 nitrogen and oxygen atoms in total. The lowest BCUT2D eigenvalue weighted by molar-refractivity contribution is 0.0691. The van der Waals surface area contributed by atoms with Gasteiger partial charge >= 0.3 is 5.97 Å². The highest BCUT2D eigenvalue weighted by Crippen LogP contribution is 2.29. The molecule has 0 bridgehead atoms. The second-order valence-corrected chi connectivity index (χ2v) is 10.6. The second kappa shape index (κ2) is 12.0. The fourth-order valence-corrected chi connectivity index (χ4v) is 5.18. The largest absolute Gasteiger partial charge is 0.491 e. The van der Waals surface area contributed by atoms with Crippen molar-refractivity contribution in [3.63, 3.8) is 0 Å². The van der Waals surface area contributed by atoms with Crippen LogP contribution in [0, 0.1) is 0 Å². The van der Waals surface area contributed by atoms with Crippen LogP contribution < -0.4 is 10.1 Å². The Balaban J connectivity index is 1.22. The molecule has 6 rings (SSSR count). The monoisotopic (exact) mass is 593 g/mol. The molecule has 0 aliphatic carbocycles. The Hall–Kier alpha value is -5.49. The Morgan fingerprint density at radius 2 is 1.89 bits per heavy atom. The predicted molar refractivity (Wildman–Crippen MR) is 163 cm³/mol. The number of benzene rings is 3. The molecule has 0 saturated heterocycles. The van der Waals surface area contributed by atoms with E-state index in [0.29, 0.717) is 22.4 Å². The Morgan fingerprint density at radius 1 is 1.05 bits per heavy atom. The summed E-state index contributed by atoms with van der Waals surface area (Å²) in [5, 5.41) is 22.5. The van der Waals surface area contributed by atoms with E-state index in [1.54, 1.807) is 55.8 Å². The lowest BCUT2D eigenvalue weighted by Crippen LogP contribution is -2.28. The molecule has 3 aromatic carbocycles. The zero-order chi connectivity index (χ0) is 30.8. The molecule has 12 heteroatoms. The number of imidazole rings is 3. The number of nitrogens with one attached hydrogen (secondary N) is 2. The zero-order valence-corrected chi connectivity index (χ0v) is 24.1. The van der Waals surface area contributed by atoms with Crippen LogP contribution in [0.2, 0.25) is 0 Å². The number of aromatic carboxylic acids is 1. The van der Waals surface area contributed by atoms with Gasteiger partial charge in [0, 0.05) is 23.6 Å². The minimum Gasteiger partial charge on any atom is -0.491 e. The molecule has 0 saturated carbocycles. The van der Waals surface area contributed by atoms with Gasteiger partial charge in [-0.15, -0.1) is 0 Å². The highest BCUT2D eigenvalue weighted by molar-refractivity contribution is 5.97. The van der Waals surface area contributed by atoms with E-state index < -0.39 is 12.1 Å². The molecule has 0 radical (unpaired) electrons. The number of hydrogen-bond acceptors (Lipinski definition) is 7. The molecule has 0 aliphatic rings. The molecule has 44 heavy (non-hydrogen) atoms. The van der Waals surface area contributed by atoms with Crippen LogP contribution in [0.25, 0.3) is 27.8 Å². The van der Waals surface area contributed by atoms with Crippen molar-refractivity contribution in [3.8, 4) is 11.4 Å². The number of amides is 1. The number of ether oxygens (including phenoxy) is 1. The molecular formula is C32H31N7O5. The Morgan fingerprint density at radius 3 is 2.66 bits per heavy atom. The van der Waals surface area contributed by atoms with E-state index in [2.05, 4.69) is 15.3 Å². The highest BCUT2D eigenvalue weighted by atomic mass is 16.5. The van der Waals surface area contributed by atoms with Gasteiger partial charge in [0.05, 0.1) is 53.5 Å². The van der Waals surface area contributed by atoms with Crippen molar-refractivity contribution in [1.29, 1.82) is 0 Å². The lowest BCUT2D eigenvalue weighted by Gasteiger charge is -2.15. The molecule has 224 valence electrons. The number of aliphatic hydroxyl groups excluding tert-OH is 1. The number of para-hydroxylation sites is 1. The van der Waals surface area contributed by atoms with Gasteiger partial charge in [-0.05, 0) is 62.4 Å². The Labute approximate surface area is 252 Å². The number of aromatic nitrogens is 6. The van der Waals surface area contributed by atoms with E-state index in [1.165, 1.54) is 6.07 Å². The lowest BCUT2D eigenvalue weighted by atomic mass is 10.1. The van der Waals surface area contributed by atoms with Gasteiger partial charge in [-0.3, -0.25) is 4.79 Å². The third kappa shape index (κ3) is 5.75. The van der Waals surface area contributed by atoms with E-state index in [9.17, 15) is 19.8 Å². The third-order valence-corrected chi connectivity index (χ3v) is 7.33. The summed E-state index contributed by atoms with van der Waals surface area (Å²) in [5.74, 6) is 0.0360. The first-order chi connectivity index (χ1) is 21.3. The number of H-pyrrole nitrogens is 1. The highest BCUT2D eigenvalue weighted by Gasteiger charge is 2.23. The van der Waals surface area contributed by atoms with E-state index in [4.69, 9.17) is 14.7 Å². The van der Waals surface area contributed by atoms with Crippen LogP contribution in [0.5, 0.6) is 5.75 Å². The van der Waals surface area contributed by atoms with Crippen molar-refractivity contribution in [2.75, 3.05) is 13.2 Å². The molecule has 3 heterocycles. The van der Waals surface area contributed by atoms with Crippen molar-refractivity contribution < 1.29 is 24.5 Å². The van der Waals surface area contributed by atoms with Crippen LogP contribution >= 0.6 is 0 Å². The molecule has 2 atom stereocenters. The van der Waals surface area contributed by atoms with Crippen molar-refractivity contribution in [1.82, 2.24) is 34.4 Å². The molecule has 0 aliphatic heterocycles. The van der Waals surface area contributed by atoms with Gasteiger partial charge in [0.25, 0.3) is 5.91 Å². The maximum Gasteiger partial charge on any atom is 0.339 e. The molecule has 2 unspecified atom stereocenters. The average Bonchev–Trinajstić information content (AvgIpc) is 3.77. The summed E-state index contributed by atoms with van der Waals surface area (Å²) in [7, 11) is 0. The summed E-state index contributed by atoms with van der Waals surface area (Å²) in [6.45, 7) is 4.27. The van der Waals surface area contributed by atoms with Crippen molar-refractivity contribution in [2.24, 2.45) is 0 Å². The fraction of sp³-hybridized carbons (Fsp3) is 0.219. The van der Waals surface area contributed by atoms with E-state index >= 15 is 0 Å². The average molecular weight is 594 g/mol. The normalized spacial score (nSPS) is 12.8. The van der Waals surface area contributed by atoms with Crippen molar-refractivity contribution >= 4 is 33.9 Å². The van der Waals surface area contributed by atoms with Gasteiger partial charge in [-0.2, -0.15) is 0 Å². The summed E-state index contributed by atoms with van der Waals surface area (Å²) in [6.07, 6.45) is 4.68. The maximum absolute atomic E-state index is 13.0. The number of rotatable bonds is 11. The minimum absolute atomic E-state index is 0.0579. The maximum atomic E-state index is 13.0. The van der Waals surface area contributed by atoms with Crippen LogP contribution in [0.3, 0.4) is 0 Å². The first-order valence-corrected chi connectivity index (χ1v) is 14.2. The fourth-order valence-electron chi connectivity index (χ4n) is 5.18. The molecule has 6 aromatic rings. The first-order valence-electron chi connectivity index (χ1n) is 14.2. The standard InChI is InChI=1S/C32H31N7O5/c1-19(40)17-39-27-15-21(31(41)34-12-14-44-28-6-4-3-5-23(28)32(42)43)7-9-25(27)37-30(39)20(2)29-35-24-10-8-22(16-26(24)36-29)38-13-11-33-18-38/h3-11,13,15-16,18-20,40H,12,14,17H2,1-2H3,(H,34,41)(H,35,36)(H,42,43). The van der Waals surface area contributed by atoms with E-state index in [0.717, 1.165) is 22.5 Å². The summed E-state index contributed by atoms with van der Waals surface area (Å²) < 4.78 is 9.43. The van der Waals surface area contributed by atoms with E-state index in [1.807, 2.05) is 40.5 Å². The number of carbonyl (C=O) groups is 2. The molecular weight excluding hydrogens is 562 g/mol. The van der Waals surface area contributed by atoms with Gasteiger partial charge in [0.15, 0.2) is 0 Å². The predicted octanol–water partition coefficient (Wildman–Crippen LogP) is 4.14. The Bertz CT molecular complexity index is 1960. The van der Waals surface area contributed by atoms with Crippen LogP contribution in [-0.2, 0) is 6.54 Å². The Kier molecular flexibility index (Phi) is 7.82. The van der Waals surface area contributed by atoms with E-state index in [-0.39, 0.29) is 42.8 Å². The topological polar surface area (TPSA) is 160 Å². The van der Waals surface area contributed by atoms with Crippen LogP contribution in [0.4, 0.5) is 0 Å². The summed E-state index contributed by atoms with van der Waals surface area (Å²) in [6, 6.07) is 17.6. The SMILES string of the molecule is CC(O)Cn1c(C(C)c2nc3cc(-n4ccnc4)ccc3[nH]2)nc2ccc(C(=O)NCCOc3ccccc3C(=O)O)cc21. The second-order valence-electron chi connectivity index (χ2n) is 10.6. The van der Waals surface area contributed by atoms with Gasteiger partial charge in [0.2, 0.25) is 0 Å². The summed E-state index contributed by atoms with van der Waals surface area (Å²) in [5.41, 5.74) is 4.54. The number of carboxylic acids is 1. The summed E-state index contributed by atoms with van der Waals surface area (Å²) in [4.78, 5) is 41.7. The number of carboxylic acid groups (broad SMARTS) is 1. The van der Waals surface area contributed by atoms with Gasteiger partial charge in [-0.25, -0.2) is 19.7 Å². The van der Waals surface area contributed by atoms with Crippen LogP contribution in [-0.4, -0.2) is 70.4 Å². The number of hydrogen-bond donors (Lipinski definition) is 4. The molecule has 4 N–H and O–H groups in total. The number of aromatic amines is 1. The molecule has 1 amide bonds. The van der Waals surface area contributed by atoms with Crippen LogP contribution in [0.15, 0.2) is 79.4 Å². The summed E-state index contributed by atoms with van der Waals surface area (Å²) >= 11 is 0. The molecule has 0 spiro atoms. The number of nitrogens with zero attached hydrogens (tertiary/aromatic N) is 5. The zero-order valence-electron chi connectivity index (χ0n) is 24.1. The molecule has 0 fully saturated rings. The van der Waals surface area contributed by atoms with Crippen molar-refractivity contribution in [2.45, 2.75) is 32.4 Å². The van der Waals surface area contributed by atoms with Crippen molar-refractivity contribution in [3.05, 3.63) is 102 Å². The third-order valence-electron chi connectivity index (χ3n) is 7.33. The van der Waals surface area contributed by atoms with Gasteiger partial charge < -0.3 is 34.4 Å². The van der Waals surface area contributed by atoms with Gasteiger partial charge in [-0.1, -0.05) is 12.1 Å². The number of carbonyl (C=O) groups excluding carboxylic acids is 1. The van der Waals surface area contributed by atoms with Gasteiger partial charge in [0.1, 0.15) is 29.6 Å². The van der Waals surface area contributed by atoms with Crippen LogP contribution in [0.1, 0.15) is 52.1 Å². The molecule has 3 aromatic heterocycles. The number of fused-ring (bicyclic) bond motifs is 2.